The SMILES string of the molecule is CN(C)c1nc[nH]c(=O)c1Cl. The normalized spacial score (nSPS) is 9.73. The number of H-pyrrole nitrogens is 1. The van der Waals surface area contributed by atoms with Crippen molar-refractivity contribution < 1.29 is 0 Å². The molecule has 0 aliphatic carbocycles. The summed E-state index contributed by atoms with van der Waals surface area (Å²) in [4.78, 5) is 18.8. The summed E-state index contributed by atoms with van der Waals surface area (Å²) in [5.41, 5.74) is -0.314. The van der Waals surface area contributed by atoms with E-state index in [0.29, 0.717) is 5.82 Å². The van der Waals surface area contributed by atoms with E-state index in [0.717, 1.165) is 0 Å². The Balaban J connectivity index is 3.28. The molecule has 0 atom stereocenters. The zero-order valence-corrected chi connectivity index (χ0v) is 7.01. The summed E-state index contributed by atoms with van der Waals surface area (Å²) in [6.45, 7) is 0. The summed E-state index contributed by atoms with van der Waals surface area (Å²) < 4.78 is 0. The Morgan fingerprint density at radius 2 is 2.27 bits per heavy atom. The van der Waals surface area contributed by atoms with Gasteiger partial charge in [-0.05, 0) is 0 Å². The van der Waals surface area contributed by atoms with Crippen LogP contribution < -0.4 is 10.5 Å². The zero-order chi connectivity index (χ0) is 8.43. The largest absolute Gasteiger partial charge is 0.361 e. The molecule has 0 saturated heterocycles. The Labute approximate surface area is 68.8 Å². The number of aromatic amines is 1. The molecule has 1 aromatic heterocycles. The van der Waals surface area contributed by atoms with Gasteiger partial charge in [0.15, 0.2) is 5.82 Å². The van der Waals surface area contributed by atoms with Crippen LogP contribution in [0.15, 0.2) is 11.1 Å². The van der Waals surface area contributed by atoms with Crippen LogP contribution in [-0.2, 0) is 0 Å². The second-order valence-electron chi connectivity index (χ2n) is 2.26. The lowest BCUT2D eigenvalue weighted by Crippen LogP contribution is -2.17. The first-order chi connectivity index (χ1) is 5.13. The summed E-state index contributed by atoms with van der Waals surface area (Å²) in [6, 6.07) is 0. The molecule has 5 heteroatoms. The lowest BCUT2D eigenvalue weighted by Gasteiger charge is -2.10. The van der Waals surface area contributed by atoms with Gasteiger partial charge in [0.05, 0.1) is 6.33 Å². The molecule has 0 unspecified atom stereocenters. The molecule has 0 amide bonds. The van der Waals surface area contributed by atoms with Gasteiger partial charge in [0.25, 0.3) is 5.56 Å². The van der Waals surface area contributed by atoms with Crippen LogP contribution in [0.1, 0.15) is 0 Å². The number of aromatic nitrogens is 2. The number of nitrogens with one attached hydrogen (secondary N) is 1. The highest BCUT2D eigenvalue weighted by molar-refractivity contribution is 6.32. The second kappa shape index (κ2) is 2.92. The smallest absolute Gasteiger partial charge is 0.271 e. The topological polar surface area (TPSA) is 49.0 Å². The first kappa shape index (κ1) is 8.07. The molecule has 0 saturated carbocycles. The summed E-state index contributed by atoms with van der Waals surface area (Å²) in [7, 11) is 3.54. The van der Waals surface area contributed by atoms with Gasteiger partial charge in [-0.25, -0.2) is 4.98 Å². The molecule has 0 bridgehead atoms. The molecule has 0 aromatic carbocycles. The van der Waals surface area contributed by atoms with Crippen molar-refractivity contribution in [1.82, 2.24) is 9.97 Å². The van der Waals surface area contributed by atoms with Gasteiger partial charge >= 0.3 is 0 Å². The van der Waals surface area contributed by atoms with Crippen molar-refractivity contribution >= 4 is 17.4 Å². The highest BCUT2D eigenvalue weighted by Crippen LogP contribution is 2.14. The predicted octanol–water partition coefficient (Wildman–Crippen LogP) is 0.489. The monoisotopic (exact) mass is 173 g/mol. The summed E-state index contributed by atoms with van der Waals surface area (Å²) in [5, 5.41) is 0.123. The molecule has 4 nitrogen and oxygen atoms in total. The van der Waals surface area contributed by atoms with Crippen LogP contribution in [-0.4, -0.2) is 24.1 Å². The van der Waals surface area contributed by atoms with Crippen molar-refractivity contribution in [2.24, 2.45) is 0 Å². The van der Waals surface area contributed by atoms with E-state index in [1.54, 1.807) is 19.0 Å². The molecule has 0 fully saturated rings. The number of hydrogen-bond donors (Lipinski definition) is 1. The first-order valence-electron chi connectivity index (χ1n) is 3.03. The standard InChI is InChI=1S/C6H8ClN3O/c1-10(2)5-4(7)6(11)9-3-8-5/h3H,1-2H3,(H,8,9,11). The minimum atomic E-state index is -0.314. The molecule has 60 valence electrons. The van der Waals surface area contributed by atoms with Gasteiger partial charge in [0, 0.05) is 14.1 Å². The number of halogens is 1. The fourth-order valence-corrected chi connectivity index (χ4v) is 0.958. The van der Waals surface area contributed by atoms with Crippen LogP contribution in [0.25, 0.3) is 0 Å². The van der Waals surface area contributed by atoms with Crippen molar-refractivity contribution in [3.63, 3.8) is 0 Å². The van der Waals surface area contributed by atoms with Gasteiger partial charge in [-0.1, -0.05) is 11.6 Å². The summed E-state index contributed by atoms with van der Waals surface area (Å²) >= 11 is 5.64. The fraction of sp³-hybridized carbons (Fsp3) is 0.333. The van der Waals surface area contributed by atoms with Crippen LogP contribution in [0.5, 0.6) is 0 Å². The average Bonchev–Trinajstić information content (AvgIpc) is 1.94. The Bertz CT molecular complexity index is 307. The molecule has 1 heterocycles. The van der Waals surface area contributed by atoms with Crippen molar-refractivity contribution in [3.05, 3.63) is 21.7 Å². The van der Waals surface area contributed by atoms with Crippen LogP contribution >= 0.6 is 11.6 Å². The maximum absolute atomic E-state index is 10.9. The van der Waals surface area contributed by atoms with Crippen LogP contribution in [0.3, 0.4) is 0 Å². The van der Waals surface area contributed by atoms with Gasteiger partial charge in [0.1, 0.15) is 5.02 Å². The van der Waals surface area contributed by atoms with Gasteiger partial charge in [0.2, 0.25) is 0 Å². The van der Waals surface area contributed by atoms with E-state index < -0.39 is 0 Å². The highest BCUT2D eigenvalue weighted by Gasteiger charge is 2.05. The van der Waals surface area contributed by atoms with E-state index in [2.05, 4.69) is 9.97 Å². The fourth-order valence-electron chi connectivity index (χ4n) is 0.685. The predicted molar refractivity (Wildman–Crippen MR) is 44.2 cm³/mol. The number of rotatable bonds is 1. The Hall–Kier alpha value is -1.03. The highest BCUT2D eigenvalue weighted by atomic mass is 35.5. The van der Waals surface area contributed by atoms with E-state index >= 15 is 0 Å². The number of hydrogen-bond acceptors (Lipinski definition) is 3. The lowest BCUT2D eigenvalue weighted by molar-refractivity contribution is 1.02. The third kappa shape index (κ3) is 1.51. The quantitative estimate of drug-likeness (QED) is 0.673. The molecular weight excluding hydrogens is 166 g/mol. The van der Waals surface area contributed by atoms with E-state index in [4.69, 9.17) is 11.6 Å². The minimum Gasteiger partial charge on any atom is -0.361 e. The van der Waals surface area contributed by atoms with Crippen molar-refractivity contribution in [2.75, 3.05) is 19.0 Å². The van der Waals surface area contributed by atoms with Crippen molar-refractivity contribution in [3.8, 4) is 0 Å². The minimum absolute atomic E-state index is 0.123. The number of nitrogens with zero attached hydrogens (tertiary/aromatic N) is 2. The molecule has 11 heavy (non-hydrogen) atoms. The molecule has 0 spiro atoms. The second-order valence-corrected chi connectivity index (χ2v) is 2.64. The van der Waals surface area contributed by atoms with E-state index in [1.165, 1.54) is 6.33 Å². The maximum Gasteiger partial charge on any atom is 0.271 e. The molecule has 1 aromatic rings. The maximum atomic E-state index is 10.9. The number of anilines is 1. The third-order valence-corrected chi connectivity index (χ3v) is 1.54. The molecule has 1 rings (SSSR count). The molecular formula is C6H8ClN3O. The van der Waals surface area contributed by atoms with Gasteiger partial charge in [-0.3, -0.25) is 4.79 Å². The van der Waals surface area contributed by atoms with Gasteiger partial charge < -0.3 is 9.88 Å². The van der Waals surface area contributed by atoms with Gasteiger partial charge in [-0.2, -0.15) is 0 Å². The zero-order valence-electron chi connectivity index (χ0n) is 6.26. The summed E-state index contributed by atoms with van der Waals surface area (Å²) in [6.07, 6.45) is 1.32. The van der Waals surface area contributed by atoms with Crippen molar-refractivity contribution in [2.45, 2.75) is 0 Å². The lowest BCUT2D eigenvalue weighted by atomic mass is 10.5. The van der Waals surface area contributed by atoms with Crippen LogP contribution in [0, 0.1) is 0 Å². The van der Waals surface area contributed by atoms with E-state index in [9.17, 15) is 4.79 Å². The molecule has 1 N–H and O–H groups in total. The third-order valence-electron chi connectivity index (χ3n) is 1.20. The Morgan fingerprint density at radius 3 is 2.73 bits per heavy atom. The molecule has 0 aliphatic rings. The molecule has 0 aliphatic heterocycles. The van der Waals surface area contributed by atoms with Crippen LogP contribution in [0.4, 0.5) is 5.82 Å². The summed E-state index contributed by atoms with van der Waals surface area (Å²) in [5.74, 6) is 0.482. The first-order valence-corrected chi connectivity index (χ1v) is 3.41. The average molecular weight is 174 g/mol. The van der Waals surface area contributed by atoms with E-state index in [-0.39, 0.29) is 10.6 Å². The van der Waals surface area contributed by atoms with Crippen LogP contribution in [0.2, 0.25) is 5.02 Å². The van der Waals surface area contributed by atoms with Crippen molar-refractivity contribution in [1.29, 1.82) is 0 Å². The Kier molecular flexibility index (Phi) is 2.14. The van der Waals surface area contributed by atoms with Gasteiger partial charge in [-0.15, -0.1) is 0 Å². The Morgan fingerprint density at radius 1 is 1.64 bits per heavy atom. The molecule has 0 radical (unpaired) electrons. The van der Waals surface area contributed by atoms with E-state index in [1.807, 2.05) is 0 Å².